The number of aromatic nitrogens is 1. The van der Waals surface area contributed by atoms with E-state index in [0.717, 1.165) is 37.4 Å². The topological polar surface area (TPSA) is 31.4 Å². The lowest BCUT2D eigenvalue weighted by molar-refractivity contribution is 0.254. The van der Waals surface area contributed by atoms with E-state index >= 15 is 0 Å². The minimum absolute atomic E-state index is 0.725. The summed E-state index contributed by atoms with van der Waals surface area (Å²) in [4.78, 5) is 9.55. The van der Waals surface area contributed by atoms with Gasteiger partial charge in [-0.25, -0.2) is 4.98 Å². The van der Waals surface area contributed by atoms with Crippen LogP contribution in [0.5, 0.6) is 0 Å². The summed E-state index contributed by atoms with van der Waals surface area (Å²) in [6, 6.07) is 5.87. The highest BCUT2D eigenvalue weighted by Gasteiger charge is 2.34. The number of pyridine rings is 1. The van der Waals surface area contributed by atoms with E-state index < -0.39 is 0 Å². The average molecular weight is 274 g/mol. The minimum Gasteiger partial charge on any atom is -0.370 e. The van der Waals surface area contributed by atoms with Gasteiger partial charge in [0.1, 0.15) is 5.82 Å². The highest BCUT2D eigenvalue weighted by Crippen LogP contribution is 2.31. The van der Waals surface area contributed by atoms with Gasteiger partial charge in [0, 0.05) is 49.7 Å². The molecule has 3 heterocycles. The number of hydrogen-bond acceptors (Lipinski definition) is 4. The highest BCUT2D eigenvalue weighted by atomic mass is 15.3. The summed E-state index contributed by atoms with van der Waals surface area (Å²) in [6.07, 6.45) is 7.08. The lowest BCUT2D eigenvalue weighted by Crippen LogP contribution is -2.36. The second-order valence-electron chi connectivity index (χ2n) is 6.11. The minimum atomic E-state index is 0.725. The zero-order chi connectivity index (χ0) is 13.9. The van der Waals surface area contributed by atoms with Crippen LogP contribution in [-0.2, 0) is 0 Å². The third-order valence-electron chi connectivity index (χ3n) is 4.81. The molecule has 2 fully saturated rings. The van der Waals surface area contributed by atoms with Crippen LogP contribution in [0.4, 0.5) is 11.5 Å². The molecule has 4 nitrogen and oxygen atoms in total. The molecule has 2 bridgehead atoms. The monoisotopic (exact) mass is 274 g/mol. The zero-order valence-corrected chi connectivity index (χ0v) is 12.7. The second-order valence-corrected chi connectivity index (χ2v) is 6.11. The molecule has 0 radical (unpaired) electrons. The van der Waals surface area contributed by atoms with Crippen LogP contribution in [0.1, 0.15) is 32.6 Å². The Bertz CT molecular complexity index is 448. The van der Waals surface area contributed by atoms with Gasteiger partial charge in [-0.15, -0.1) is 0 Å². The molecule has 2 aliphatic heterocycles. The molecule has 0 saturated carbocycles. The Labute approximate surface area is 122 Å². The van der Waals surface area contributed by atoms with Crippen molar-refractivity contribution >= 4 is 11.5 Å². The quantitative estimate of drug-likeness (QED) is 0.914. The lowest BCUT2D eigenvalue weighted by Gasteiger charge is -2.27. The summed E-state index contributed by atoms with van der Waals surface area (Å²) < 4.78 is 0. The fourth-order valence-electron chi connectivity index (χ4n) is 3.51. The van der Waals surface area contributed by atoms with Crippen LogP contribution >= 0.6 is 0 Å². The number of rotatable bonds is 4. The largest absolute Gasteiger partial charge is 0.370 e. The molecular formula is C16H26N4. The van der Waals surface area contributed by atoms with Crippen LogP contribution in [0.15, 0.2) is 18.3 Å². The number of hydrogen-bond donors (Lipinski definition) is 1. The average Bonchev–Trinajstić information content (AvgIpc) is 2.70. The molecule has 1 N–H and O–H groups in total. The first-order valence-corrected chi connectivity index (χ1v) is 7.94. The molecule has 3 rings (SSSR count). The van der Waals surface area contributed by atoms with E-state index in [-0.39, 0.29) is 0 Å². The van der Waals surface area contributed by atoms with Gasteiger partial charge in [-0.3, -0.25) is 4.90 Å². The van der Waals surface area contributed by atoms with Gasteiger partial charge in [-0.05, 0) is 38.8 Å². The van der Waals surface area contributed by atoms with Crippen LogP contribution in [0.25, 0.3) is 0 Å². The summed E-state index contributed by atoms with van der Waals surface area (Å²) in [6.45, 7) is 5.50. The number of fused-ring (bicyclic) bond motifs is 2. The van der Waals surface area contributed by atoms with Crippen LogP contribution in [0, 0.1) is 0 Å². The molecule has 4 heteroatoms. The van der Waals surface area contributed by atoms with Crippen molar-refractivity contribution in [2.45, 2.75) is 44.7 Å². The molecule has 20 heavy (non-hydrogen) atoms. The molecule has 1 aromatic rings. The van der Waals surface area contributed by atoms with Crippen molar-refractivity contribution in [2.75, 3.05) is 36.9 Å². The third kappa shape index (κ3) is 2.75. The molecule has 2 saturated heterocycles. The smallest absolute Gasteiger partial charge is 0.127 e. The van der Waals surface area contributed by atoms with Gasteiger partial charge in [-0.2, -0.15) is 0 Å². The van der Waals surface area contributed by atoms with Crippen molar-refractivity contribution in [3.05, 3.63) is 18.3 Å². The fourth-order valence-corrected chi connectivity index (χ4v) is 3.51. The van der Waals surface area contributed by atoms with Crippen molar-refractivity contribution in [3.63, 3.8) is 0 Å². The molecule has 1 aromatic heterocycles. The molecule has 110 valence electrons. The van der Waals surface area contributed by atoms with Gasteiger partial charge in [0.15, 0.2) is 0 Å². The predicted molar refractivity (Wildman–Crippen MR) is 84.4 cm³/mol. The van der Waals surface area contributed by atoms with Crippen LogP contribution in [0.2, 0.25) is 0 Å². The number of likely N-dealkylation sites (N-methyl/N-ethyl adjacent to an activating group) is 1. The molecule has 2 aliphatic rings. The summed E-state index contributed by atoms with van der Waals surface area (Å²) in [5.74, 6) is 1.01. The van der Waals surface area contributed by atoms with Crippen LogP contribution < -0.4 is 10.2 Å². The van der Waals surface area contributed by atoms with Gasteiger partial charge in [0.2, 0.25) is 0 Å². The van der Waals surface area contributed by atoms with E-state index in [1.807, 2.05) is 6.20 Å². The third-order valence-corrected chi connectivity index (χ3v) is 4.81. The van der Waals surface area contributed by atoms with E-state index in [4.69, 9.17) is 0 Å². The van der Waals surface area contributed by atoms with Crippen molar-refractivity contribution in [1.29, 1.82) is 0 Å². The van der Waals surface area contributed by atoms with Gasteiger partial charge in [-0.1, -0.05) is 6.92 Å². The summed E-state index contributed by atoms with van der Waals surface area (Å²) in [7, 11) is 2.30. The number of anilines is 2. The SMILES string of the molecule is CCCNc1cc(N2CCC3CCC(C2)N3C)ccn1. The van der Waals surface area contributed by atoms with Gasteiger partial charge >= 0.3 is 0 Å². The number of nitrogens with one attached hydrogen (secondary N) is 1. The highest BCUT2D eigenvalue weighted by molar-refractivity contribution is 5.54. The maximum Gasteiger partial charge on any atom is 0.127 e. The van der Waals surface area contributed by atoms with Crippen molar-refractivity contribution in [3.8, 4) is 0 Å². The predicted octanol–water partition coefficient (Wildman–Crippen LogP) is 2.58. The van der Waals surface area contributed by atoms with E-state index in [0.29, 0.717) is 0 Å². The first kappa shape index (κ1) is 13.7. The van der Waals surface area contributed by atoms with Crippen molar-refractivity contribution in [2.24, 2.45) is 0 Å². The Morgan fingerprint density at radius 1 is 1.30 bits per heavy atom. The van der Waals surface area contributed by atoms with Crippen molar-refractivity contribution in [1.82, 2.24) is 9.88 Å². The molecule has 0 spiro atoms. The zero-order valence-electron chi connectivity index (χ0n) is 12.7. The molecular weight excluding hydrogens is 248 g/mol. The molecule has 0 aliphatic carbocycles. The van der Waals surface area contributed by atoms with E-state index in [9.17, 15) is 0 Å². The lowest BCUT2D eigenvalue weighted by atomic mass is 10.1. The molecule has 0 aromatic carbocycles. The Balaban J connectivity index is 1.72. The Morgan fingerprint density at radius 2 is 2.15 bits per heavy atom. The second kappa shape index (κ2) is 6.00. The first-order valence-electron chi connectivity index (χ1n) is 7.94. The Kier molecular flexibility index (Phi) is 4.10. The fraction of sp³-hybridized carbons (Fsp3) is 0.688. The van der Waals surface area contributed by atoms with Crippen LogP contribution in [-0.4, -0.2) is 48.6 Å². The summed E-state index contributed by atoms with van der Waals surface area (Å²) in [5, 5.41) is 3.38. The normalized spacial score (nSPS) is 26.6. The Morgan fingerprint density at radius 3 is 3.00 bits per heavy atom. The Hall–Kier alpha value is -1.29. The van der Waals surface area contributed by atoms with Gasteiger partial charge < -0.3 is 10.2 Å². The standard InChI is InChI=1S/C16H26N4/c1-3-8-17-16-11-14(6-9-18-16)20-10-7-13-4-5-15(12-20)19(13)2/h6,9,11,13,15H,3-5,7-8,10,12H2,1-2H3,(H,17,18). The molecule has 0 amide bonds. The van der Waals surface area contributed by atoms with Gasteiger partial charge in [0.25, 0.3) is 0 Å². The maximum atomic E-state index is 4.41. The molecule has 2 unspecified atom stereocenters. The number of nitrogens with zero attached hydrogens (tertiary/aromatic N) is 3. The summed E-state index contributed by atoms with van der Waals surface area (Å²) >= 11 is 0. The van der Waals surface area contributed by atoms with Gasteiger partial charge in [0.05, 0.1) is 0 Å². The summed E-state index contributed by atoms with van der Waals surface area (Å²) in [5.41, 5.74) is 1.32. The van der Waals surface area contributed by atoms with Crippen molar-refractivity contribution < 1.29 is 0 Å². The van der Waals surface area contributed by atoms with E-state index in [2.05, 4.69) is 46.2 Å². The van der Waals surface area contributed by atoms with E-state index in [1.54, 1.807) is 0 Å². The first-order chi connectivity index (χ1) is 9.78. The van der Waals surface area contributed by atoms with E-state index in [1.165, 1.54) is 31.5 Å². The maximum absolute atomic E-state index is 4.41. The van der Waals surface area contributed by atoms with Crippen LogP contribution in [0.3, 0.4) is 0 Å². The molecule has 2 atom stereocenters.